The maximum absolute atomic E-state index is 12.3. The Kier molecular flexibility index (Phi) is 5.78. The Morgan fingerprint density at radius 1 is 1.08 bits per heavy atom. The average molecular weight is 354 g/mol. The van der Waals surface area contributed by atoms with E-state index in [1.54, 1.807) is 17.0 Å². The zero-order valence-corrected chi connectivity index (χ0v) is 14.8. The van der Waals surface area contributed by atoms with Crippen molar-refractivity contribution in [3.05, 3.63) is 48.2 Å². The van der Waals surface area contributed by atoms with Crippen molar-refractivity contribution >= 4 is 23.4 Å². The highest BCUT2D eigenvalue weighted by atomic mass is 16.5. The van der Waals surface area contributed by atoms with Crippen LogP contribution in [0, 0.1) is 0 Å². The van der Waals surface area contributed by atoms with Crippen LogP contribution in [0.1, 0.15) is 30.3 Å². The minimum atomic E-state index is -0.650. The highest BCUT2D eigenvalue weighted by Gasteiger charge is 2.19. The number of rotatable bonds is 6. The maximum Gasteiger partial charge on any atom is 0.359 e. The summed E-state index contributed by atoms with van der Waals surface area (Å²) in [6.07, 6.45) is 2.28. The topological polar surface area (TPSA) is 75.6 Å². The molecule has 0 aliphatic carbocycles. The van der Waals surface area contributed by atoms with Gasteiger partial charge in [0, 0.05) is 25.3 Å². The number of benzene rings is 1. The van der Waals surface area contributed by atoms with E-state index < -0.39 is 5.97 Å². The summed E-state index contributed by atoms with van der Waals surface area (Å²) in [6, 6.07) is 12.6. The van der Waals surface area contributed by atoms with Gasteiger partial charge in [0.25, 0.3) is 5.91 Å². The third-order valence-corrected chi connectivity index (χ3v) is 4.30. The molecule has 1 aromatic heterocycles. The van der Waals surface area contributed by atoms with Crippen LogP contribution < -0.4 is 9.80 Å². The number of ether oxygens (including phenoxy) is 1. The number of nitrogens with zero attached hydrogens (tertiary/aromatic N) is 4. The number of esters is 1. The molecule has 1 amide bonds. The Labute approximate surface area is 152 Å². The molecule has 136 valence electrons. The summed E-state index contributed by atoms with van der Waals surface area (Å²) in [6.45, 7) is 3.94. The van der Waals surface area contributed by atoms with Crippen molar-refractivity contribution in [2.24, 2.45) is 0 Å². The molecule has 0 spiro atoms. The first kappa shape index (κ1) is 17.8. The van der Waals surface area contributed by atoms with Gasteiger partial charge in [-0.2, -0.15) is 0 Å². The molecule has 1 aliphatic heterocycles. The van der Waals surface area contributed by atoms with E-state index in [9.17, 15) is 9.59 Å². The summed E-state index contributed by atoms with van der Waals surface area (Å²) >= 11 is 0. The van der Waals surface area contributed by atoms with Gasteiger partial charge >= 0.3 is 5.97 Å². The molecule has 1 aliphatic rings. The van der Waals surface area contributed by atoms with E-state index in [-0.39, 0.29) is 18.2 Å². The van der Waals surface area contributed by atoms with E-state index in [0.717, 1.165) is 37.4 Å². The van der Waals surface area contributed by atoms with Gasteiger partial charge in [-0.3, -0.25) is 4.79 Å². The van der Waals surface area contributed by atoms with Crippen molar-refractivity contribution in [3.8, 4) is 0 Å². The summed E-state index contributed by atoms with van der Waals surface area (Å²) in [7, 11) is 0. The number of anilines is 2. The second-order valence-corrected chi connectivity index (χ2v) is 6.02. The maximum atomic E-state index is 12.3. The number of likely N-dealkylation sites (N-methyl/N-ethyl adjacent to an activating group) is 1. The number of para-hydroxylation sites is 1. The van der Waals surface area contributed by atoms with Crippen LogP contribution in [0.15, 0.2) is 42.5 Å². The summed E-state index contributed by atoms with van der Waals surface area (Å²) in [4.78, 5) is 28.2. The normalized spacial score (nSPS) is 13.5. The smallest absolute Gasteiger partial charge is 0.359 e. The van der Waals surface area contributed by atoms with Gasteiger partial charge in [0.05, 0.1) is 0 Å². The van der Waals surface area contributed by atoms with Crippen molar-refractivity contribution in [2.45, 2.75) is 19.8 Å². The van der Waals surface area contributed by atoms with Gasteiger partial charge in [0.1, 0.15) is 0 Å². The van der Waals surface area contributed by atoms with Crippen LogP contribution in [0.25, 0.3) is 0 Å². The largest absolute Gasteiger partial charge is 0.451 e. The first-order chi connectivity index (χ1) is 12.7. The number of hydrogen-bond acceptors (Lipinski definition) is 6. The highest BCUT2D eigenvalue weighted by molar-refractivity contribution is 5.96. The minimum Gasteiger partial charge on any atom is -0.451 e. The van der Waals surface area contributed by atoms with Crippen molar-refractivity contribution in [3.63, 3.8) is 0 Å². The molecule has 2 aromatic rings. The van der Waals surface area contributed by atoms with Gasteiger partial charge in [-0.1, -0.05) is 18.2 Å². The first-order valence-electron chi connectivity index (χ1n) is 8.80. The highest BCUT2D eigenvalue weighted by Crippen LogP contribution is 2.17. The lowest BCUT2D eigenvalue weighted by Crippen LogP contribution is -2.34. The predicted molar refractivity (Wildman–Crippen MR) is 98.2 cm³/mol. The van der Waals surface area contributed by atoms with E-state index >= 15 is 0 Å². The fraction of sp³-hybridized carbons (Fsp3) is 0.368. The Bertz CT molecular complexity index is 743. The zero-order chi connectivity index (χ0) is 18.4. The molecule has 2 heterocycles. The van der Waals surface area contributed by atoms with E-state index in [2.05, 4.69) is 15.1 Å². The monoisotopic (exact) mass is 354 g/mol. The third-order valence-electron chi connectivity index (χ3n) is 4.30. The van der Waals surface area contributed by atoms with Crippen molar-refractivity contribution in [1.82, 2.24) is 10.2 Å². The second-order valence-electron chi connectivity index (χ2n) is 6.02. The van der Waals surface area contributed by atoms with Gasteiger partial charge in [-0.25, -0.2) is 4.79 Å². The van der Waals surface area contributed by atoms with Crippen LogP contribution in [0.3, 0.4) is 0 Å². The molecule has 3 rings (SSSR count). The fourth-order valence-corrected chi connectivity index (χ4v) is 2.94. The lowest BCUT2D eigenvalue weighted by atomic mass is 10.3. The van der Waals surface area contributed by atoms with Crippen LogP contribution in [-0.4, -0.2) is 48.3 Å². The molecule has 0 bridgehead atoms. The van der Waals surface area contributed by atoms with E-state index in [0.29, 0.717) is 6.54 Å². The van der Waals surface area contributed by atoms with Gasteiger partial charge in [0.2, 0.25) is 0 Å². The number of hydrogen-bond donors (Lipinski definition) is 0. The van der Waals surface area contributed by atoms with Crippen LogP contribution in [0.2, 0.25) is 0 Å². The minimum absolute atomic E-state index is 0.100. The molecule has 0 atom stereocenters. The first-order valence-corrected chi connectivity index (χ1v) is 8.80. The van der Waals surface area contributed by atoms with Crippen LogP contribution >= 0.6 is 0 Å². The van der Waals surface area contributed by atoms with Gasteiger partial charge in [-0.05, 0) is 44.0 Å². The van der Waals surface area contributed by atoms with E-state index in [1.165, 1.54) is 0 Å². The molecular formula is C19H22N4O3. The van der Waals surface area contributed by atoms with Crippen LogP contribution in [0.4, 0.5) is 11.5 Å². The lowest BCUT2D eigenvalue weighted by molar-refractivity contribution is -0.121. The summed E-state index contributed by atoms with van der Waals surface area (Å²) in [5.41, 5.74) is 0.870. The van der Waals surface area contributed by atoms with E-state index in [1.807, 2.05) is 37.3 Å². The molecule has 7 nitrogen and oxygen atoms in total. The number of aromatic nitrogens is 2. The average Bonchev–Trinajstić information content (AvgIpc) is 3.22. The SMILES string of the molecule is CCN(C(=O)COC(=O)c1ccc(N2CCCC2)nn1)c1ccccc1. The van der Waals surface area contributed by atoms with Crippen LogP contribution in [0.5, 0.6) is 0 Å². The van der Waals surface area contributed by atoms with Gasteiger partial charge in [-0.15, -0.1) is 10.2 Å². The Hall–Kier alpha value is -2.96. The molecule has 7 heteroatoms. The molecular weight excluding hydrogens is 332 g/mol. The van der Waals surface area contributed by atoms with E-state index in [4.69, 9.17) is 4.74 Å². The molecule has 1 fully saturated rings. The zero-order valence-electron chi connectivity index (χ0n) is 14.8. The van der Waals surface area contributed by atoms with Crippen LogP contribution in [-0.2, 0) is 9.53 Å². The van der Waals surface area contributed by atoms with Gasteiger partial charge < -0.3 is 14.5 Å². The Balaban J connectivity index is 1.56. The van der Waals surface area contributed by atoms with Crippen molar-refractivity contribution in [2.75, 3.05) is 36.0 Å². The molecule has 0 unspecified atom stereocenters. The predicted octanol–water partition coefficient (Wildman–Crippen LogP) is 2.29. The number of carbonyl (C=O) groups is 2. The molecule has 1 saturated heterocycles. The standard InChI is InChI=1S/C19H22N4O3/c1-2-23(15-8-4-3-5-9-15)18(24)14-26-19(25)16-10-11-17(21-20-16)22-12-6-7-13-22/h3-5,8-11H,2,6-7,12-14H2,1H3. The number of amides is 1. The molecule has 0 saturated carbocycles. The molecule has 1 aromatic carbocycles. The van der Waals surface area contributed by atoms with Crippen molar-refractivity contribution < 1.29 is 14.3 Å². The quantitative estimate of drug-likeness (QED) is 0.741. The fourth-order valence-electron chi connectivity index (χ4n) is 2.94. The second kappa shape index (κ2) is 8.42. The number of carbonyl (C=O) groups excluding carboxylic acids is 2. The Morgan fingerprint density at radius 2 is 1.81 bits per heavy atom. The summed E-state index contributed by atoms with van der Waals surface area (Å²) < 4.78 is 5.11. The third kappa shape index (κ3) is 4.17. The summed E-state index contributed by atoms with van der Waals surface area (Å²) in [5, 5.41) is 8.02. The lowest BCUT2D eigenvalue weighted by Gasteiger charge is -2.20. The van der Waals surface area contributed by atoms with Crippen molar-refractivity contribution in [1.29, 1.82) is 0 Å². The molecule has 0 N–H and O–H groups in total. The van der Waals surface area contributed by atoms with Gasteiger partial charge in [0.15, 0.2) is 18.1 Å². The summed E-state index contributed by atoms with van der Waals surface area (Å²) in [5.74, 6) is -0.173. The Morgan fingerprint density at radius 3 is 2.42 bits per heavy atom. The molecule has 0 radical (unpaired) electrons. The molecule has 26 heavy (non-hydrogen) atoms.